The second-order valence-electron chi connectivity index (χ2n) is 4.75. The van der Waals surface area contributed by atoms with Gasteiger partial charge in [0.25, 0.3) is 0 Å². The van der Waals surface area contributed by atoms with Crippen LogP contribution in [0, 0.1) is 11.6 Å². The smallest absolute Gasteiger partial charge is 0.123 e. The van der Waals surface area contributed by atoms with Crippen molar-refractivity contribution in [3.05, 3.63) is 77.4 Å². The van der Waals surface area contributed by atoms with Gasteiger partial charge in [0, 0.05) is 6.42 Å². The molecule has 0 aliphatic carbocycles. The topological polar surface area (TPSA) is 52.8 Å². The largest absolute Gasteiger partial charge is 0.411 e. The van der Waals surface area contributed by atoms with E-state index in [0.717, 1.165) is 5.56 Å². The number of nitrogens with zero attached hydrogens (tertiary/aromatic N) is 1. The first-order chi connectivity index (χ1) is 10.6. The molecule has 5 heteroatoms. The molecule has 22 heavy (non-hydrogen) atoms. The van der Waals surface area contributed by atoms with Gasteiger partial charge in [-0.1, -0.05) is 35.5 Å². The van der Waals surface area contributed by atoms with Gasteiger partial charge in [-0.25, -0.2) is 8.78 Å². The highest BCUT2D eigenvalue weighted by Crippen LogP contribution is 2.18. The monoisotopic (exact) mass is 303 g/mol. The summed E-state index contributed by atoms with van der Waals surface area (Å²) in [5.74, 6) is -0.719. The third-order valence-electron chi connectivity index (χ3n) is 3.12. The molecule has 0 saturated heterocycles. The van der Waals surface area contributed by atoms with Crippen molar-refractivity contribution in [2.45, 2.75) is 12.5 Å². The molecule has 0 aliphatic rings. The summed E-state index contributed by atoms with van der Waals surface area (Å²) in [6, 6.07) is 11.3. The SMILES string of the molecule is O/N=C(\C=C\c1ccc(F)cc1)CC(O)c1ccc(F)cc1. The average molecular weight is 303 g/mol. The Morgan fingerprint density at radius 2 is 1.55 bits per heavy atom. The van der Waals surface area contributed by atoms with Crippen LogP contribution in [0.3, 0.4) is 0 Å². The maximum Gasteiger partial charge on any atom is 0.123 e. The van der Waals surface area contributed by atoms with Crippen LogP contribution in [-0.4, -0.2) is 16.0 Å². The van der Waals surface area contributed by atoms with Crippen molar-refractivity contribution < 1.29 is 19.1 Å². The van der Waals surface area contributed by atoms with E-state index in [1.54, 1.807) is 18.2 Å². The average Bonchev–Trinajstić information content (AvgIpc) is 2.53. The summed E-state index contributed by atoms with van der Waals surface area (Å²) in [6.07, 6.45) is 2.33. The summed E-state index contributed by atoms with van der Waals surface area (Å²) in [7, 11) is 0. The van der Waals surface area contributed by atoms with E-state index < -0.39 is 6.10 Å². The number of rotatable bonds is 5. The predicted molar refractivity (Wildman–Crippen MR) is 80.6 cm³/mol. The molecule has 0 aliphatic heterocycles. The molecule has 0 spiro atoms. The van der Waals surface area contributed by atoms with Crippen molar-refractivity contribution in [2.24, 2.45) is 5.16 Å². The molecule has 0 saturated carbocycles. The quantitative estimate of drug-likeness (QED) is 0.499. The first-order valence-electron chi connectivity index (χ1n) is 6.66. The van der Waals surface area contributed by atoms with Crippen LogP contribution in [0.1, 0.15) is 23.7 Å². The Bertz CT molecular complexity index is 664. The summed E-state index contributed by atoms with van der Waals surface area (Å²) in [4.78, 5) is 0. The van der Waals surface area contributed by atoms with Crippen LogP contribution in [0.15, 0.2) is 59.8 Å². The van der Waals surface area contributed by atoms with E-state index in [1.165, 1.54) is 42.5 Å². The van der Waals surface area contributed by atoms with Gasteiger partial charge in [0.05, 0.1) is 11.8 Å². The molecular formula is C17H15F2NO2. The lowest BCUT2D eigenvalue weighted by molar-refractivity contribution is 0.184. The van der Waals surface area contributed by atoms with Crippen molar-refractivity contribution in [3.8, 4) is 0 Å². The maximum atomic E-state index is 12.8. The number of oxime groups is 1. The zero-order chi connectivity index (χ0) is 15.9. The molecule has 1 atom stereocenters. The first kappa shape index (κ1) is 15.9. The van der Waals surface area contributed by atoms with Crippen LogP contribution in [0.25, 0.3) is 6.08 Å². The molecule has 1 unspecified atom stereocenters. The van der Waals surface area contributed by atoms with Gasteiger partial charge in [0.2, 0.25) is 0 Å². The van der Waals surface area contributed by atoms with Gasteiger partial charge < -0.3 is 10.3 Å². The molecule has 2 N–H and O–H groups in total. The highest BCUT2D eigenvalue weighted by molar-refractivity contribution is 5.98. The number of aliphatic hydroxyl groups excluding tert-OH is 1. The summed E-state index contributed by atoms with van der Waals surface area (Å²) < 4.78 is 25.6. The lowest BCUT2D eigenvalue weighted by Crippen LogP contribution is -2.05. The van der Waals surface area contributed by atoms with E-state index in [4.69, 9.17) is 5.21 Å². The van der Waals surface area contributed by atoms with E-state index in [0.29, 0.717) is 5.56 Å². The van der Waals surface area contributed by atoms with Gasteiger partial charge in [-0.05, 0) is 41.5 Å². The molecule has 0 amide bonds. The Hall–Kier alpha value is -2.53. The molecule has 2 rings (SSSR count). The van der Waals surface area contributed by atoms with Crippen LogP contribution in [0.5, 0.6) is 0 Å². The van der Waals surface area contributed by atoms with Crippen LogP contribution >= 0.6 is 0 Å². The predicted octanol–water partition coefficient (Wildman–Crippen LogP) is 3.93. The fourth-order valence-electron chi connectivity index (χ4n) is 1.91. The zero-order valence-electron chi connectivity index (χ0n) is 11.7. The molecule has 0 aromatic heterocycles. The summed E-state index contributed by atoms with van der Waals surface area (Å²) in [6.45, 7) is 0. The van der Waals surface area contributed by atoms with Gasteiger partial charge in [-0.15, -0.1) is 0 Å². The highest BCUT2D eigenvalue weighted by atomic mass is 19.1. The molecule has 0 fully saturated rings. The maximum absolute atomic E-state index is 12.8. The molecule has 2 aromatic carbocycles. The van der Waals surface area contributed by atoms with E-state index in [-0.39, 0.29) is 23.8 Å². The second kappa shape index (κ2) is 7.47. The lowest BCUT2D eigenvalue weighted by atomic mass is 10.0. The van der Waals surface area contributed by atoms with Crippen LogP contribution < -0.4 is 0 Å². The minimum absolute atomic E-state index is 0.0693. The Kier molecular flexibility index (Phi) is 5.38. The number of halogens is 2. The van der Waals surface area contributed by atoms with Crippen molar-refractivity contribution in [1.82, 2.24) is 0 Å². The van der Waals surface area contributed by atoms with Crippen LogP contribution in [-0.2, 0) is 0 Å². The number of aliphatic hydroxyl groups is 1. The molecule has 0 heterocycles. The lowest BCUT2D eigenvalue weighted by Gasteiger charge is -2.10. The van der Waals surface area contributed by atoms with Crippen molar-refractivity contribution in [3.63, 3.8) is 0 Å². The van der Waals surface area contributed by atoms with Crippen molar-refractivity contribution in [1.29, 1.82) is 0 Å². The third kappa shape index (κ3) is 4.49. The minimum Gasteiger partial charge on any atom is -0.411 e. The van der Waals surface area contributed by atoms with Crippen molar-refractivity contribution >= 4 is 11.8 Å². The first-order valence-corrected chi connectivity index (χ1v) is 6.66. The molecule has 2 aromatic rings. The summed E-state index contributed by atoms with van der Waals surface area (Å²) >= 11 is 0. The Morgan fingerprint density at radius 3 is 2.09 bits per heavy atom. The summed E-state index contributed by atoms with van der Waals surface area (Å²) in [5, 5.41) is 22.2. The highest BCUT2D eigenvalue weighted by Gasteiger charge is 2.10. The fraction of sp³-hybridized carbons (Fsp3) is 0.118. The number of benzene rings is 2. The standard InChI is InChI=1S/C17H15F2NO2/c18-14-6-1-12(2-7-14)3-10-16(20-22)11-17(21)13-4-8-15(19)9-5-13/h1-10,17,21-22H,11H2/b10-3+,20-16+. The molecule has 3 nitrogen and oxygen atoms in total. The zero-order valence-corrected chi connectivity index (χ0v) is 11.7. The number of allylic oxidation sites excluding steroid dienone is 1. The van der Waals surface area contributed by atoms with Crippen LogP contribution in [0.4, 0.5) is 8.78 Å². The van der Waals surface area contributed by atoms with Gasteiger partial charge in [0.15, 0.2) is 0 Å². The van der Waals surface area contributed by atoms with E-state index >= 15 is 0 Å². The second-order valence-corrected chi connectivity index (χ2v) is 4.75. The van der Waals surface area contributed by atoms with Gasteiger partial charge in [0.1, 0.15) is 11.6 Å². The number of hydrogen-bond donors (Lipinski definition) is 2. The Morgan fingerprint density at radius 1 is 1.00 bits per heavy atom. The van der Waals surface area contributed by atoms with E-state index in [9.17, 15) is 13.9 Å². The van der Waals surface area contributed by atoms with Crippen LogP contribution in [0.2, 0.25) is 0 Å². The normalized spacial score (nSPS) is 13.5. The molecule has 0 radical (unpaired) electrons. The summed E-state index contributed by atoms with van der Waals surface area (Å²) in [5.41, 5.74) is 1.51. The Balaban J connectivity index is 2.03. The van der Waals surface area contributed by atoms with E-state index in [2.05, 4.69) is 5.16 Å². The van der Waals surface area contributed by atoms with Gasteiger partial charge in [-0.2, -0.15) is 0 Å². The van der Waals surface area contributed by atoms with Gasteiger partial charge >= 0.3 is 0 Å². The van der Waals surface area contributed by atoms with Crippen molar-refractivity contribution in [2.75, 3.05) is 0 Å². The molecular weight excluding hydrogens is 288 g/mol. The van der Waals surface area contributed by atoms with Gasteiger partial charge in [-0.3, -0.25) is 0 Å². The molecule has 114 valence electrons. The fourth-order valence-corrected chi connectivity index (χ4v) is 1.91. The molecule has 0 bridgehead atoms. The Labute approximate surface area is 126 Å². The van der Waals surface area contributed by atoms with E-state index in [1.807, 2.05) is 0 Å². The third-order valence-corrected chi connectivity index (χ3v) is 3.12. The number of hydrogen-bond acceptors (Lipinski definition) is 3. The minimum atomic E-state index is -0.913.